The average molecular weight is 502 g/mol. The monoisotopic (exact) mass is 501 g/mol. The SMILES string of the molecule is COc1ccccc1N(C)c1cc(C(=O)O)cc(C(=O)c2ccc(N(C)c3ccc(Cl)cc3)cn2)c1. The first-order chi connectivity index (χ1) is 17.3. The maximum atomic E-state index is 13.3. The first-order valence-electron chi connectivity index (χ1n) is 11.0. The third-order valence-corrected chi connectivity index (χ3v) is 6.09. The van der Waals surface area contributed by atoms with Gasteiger partial charge in [-0.3, -0.25) is 9.78 Å². The Kier molecular flexibility index (Phi) is 7.22. The molecule has 0 amide bonds. The first kappa shape index (κ1) is 24.8. The molecule has 0 aliphatic carbocycles. The molecule has 0 radical (unpaired) electrons. The number of hydrogen-bond donors (Lipinski definition) is 1. The molecule has 182 valence electrons. The van der Waals surface area contributed by atoms with Gasteiger partial charge in [-0.05, 0) is 66.7 Å². The number of aromatic carboxylic acids is 1. The molecule has 4 rings (SSSR count). The normalized spacial score (nSPS) is 10.6. The molecular formula is C28H24ClN3O4. The van der Waals surface area contributed by atoms with Gasteiger partial charge < -0.3 is 19.6 Å². The molecule has 0 atom stereocenters. The van der Waals surface area contributed by atoms with Crippen molar-refractivity contribution in [3.63, 3.8) is 0 Å². The number of carboxylic acids is 1. The second-order valence-electron chi connectivity index (χ2n) is 8.07. The van der Waals surface area contributed by atoms with Crippen molar-refractivity contribution in [3.8, 4) is 5.75 Å². The minimum Gasteiger partial charge on any atom is -0.495 e. The van der Waals surface area contributed by atoms with Gasteiger partial charge in [0.1, 0.15) is 11.4 Å². The lowest BCUT2D eigenvalue weighted by Crippen LogP contribution is -2.14. The summed E-state index contributed by atoms with van der Waals surface area (Å²) >= 11 is 5.97. The van der Waals surface area contributed by atoms with Gasteiger partial charge in [-0.25, -0.2) is 4.79 Å². The van der Waals surface area contributed by atoms with Crippen molar-refractivity contribution in [1.82, 2.24) is 4.98 Å². The Balaban J connectivity index is 1.65. The molecule has 0 unspecified atom stereocenters. The first-order valence-corrected chi connectivity index (χ1v) is 11.4. The van der Waals surface area contributed by atoms with Crippen molar-refractivity contribution in [1.29, 1.82) is 0 Å². The molecule has 4 aromatic rings. The fourth-order valence-electron chi connectivity index (χ4n) is 3.79. The molecule has 0 aliphatic rings. The van der Waals surface area contributed by atoms with Gasteiger partial charge in [-0.2, -0.15) is 0 Å². The maximum Gasteiger partial charge on any atom is 0.335 e. The highest BCUT2D eigenvalue weighted by molar-refractivity contribution is 6.30. The molecule has 1 aromatic heterocycles. The van der Waals surface area contributed by atoms with Gasteiger partial charge in [0.15, 0.2) is 0 Å². The van der Waals surface area contributed by atoms with Crippen LogP contribution in [-0.2, 0) is 0 Å². The Hall–Kier alpha value is -4.36. The van der Waals surface area contributed by atoms with E-state index in [0.717, 1.165) is 17.1 Å². The zero-order valence-electron chi connectivity index (χ0n) is 20.0. The van der Waals surface area contributed by atoms with Crippen molar-refractivity contribution in [3.05, 3.63) is 107 Å². The van der Waals surface area contributed by atoms with Crippen LogP contribution in [0.15, 0.2) is 85.1 Å². The van der Waals surface area contributed by atoms with Crippen LogP contribution in [0.5, 0.6) is 5.75 Å². The van der Waals surface area contributed by atoms with Crippen LogP contribution in [0, 0.1) is 0 Å². The van der Waals surface area contributed by atoms with E-state index in [1.165, 1.54) is 12.1 Å². The lowest BCUT2D eigenvalue weighted by atomic mass is 10.0. The third kappa shape index (κ3) is 5.16. The zero-order valence-corrected chi connectivity index (χ0v) is 20.7. The number of ether oxygens (including phenoxy) is 1. The molecule has 1 heterocycles. The van der Waals surface area contributed by atoms with Crippen LogP contribution < -0.4 is 14.5 Å². The minimum absolute atomic E-state index is 0.00306. The van der Waals surface area contributed by atoms with E-state index >= 15 is 0 Å². The number of nitrogens with zero attached hydrogens (tertiary/aromatic N) is 3. The molecule has 0 aliphatic heterocycles. The predicted molar refractivity (Wildman–Crippen MR) is 142 cm³/mol. The standard InChI is InChI=1S/C28H24ClN3O4/c1-31(21-10-8-20(29)9-11-21)22-12-13-24(30-17-22)27(33)18-14-19(28(34)35)16-23(15-18)32(2)25-6-4-5-7-26(25)36-3/h4-17H,1-3H3,(H,34,35). The van der Waals surface area contributed by atoms with Gasteiger partial charge in [0.05, 0.1) is 30.2 Å². The highest BCUT2D eigenvalue weighted by Crippen LogP contribution is 2.33. The number of carbonyl (C=O) groups excluding carboxylic acids is 1. The van der Waals surface area contributed by atoms with Crippen LogP contribution in [-0.4, -0.2) is 43.0 Å². The number of para-hydroxylation sites is 2. The summed E-state index contributed by atoms with van der Waals surface area (Å²) in [4.78, 5) is 33.2. The lowest BCUT2D eigenvalue weighted by molar-refractivity contribution is 0.0697. The molecule has 3 aromatic carbocycles. The molecule has 1 N–H and O–H groups in total. The van der Waals surface area contributed by atoms with Crippen molar-refractivity contribution < 1.29 is 19.4 Å². The Morgan fingerprint density at radius 3 is 2.14 bits per heavy atom. The van der Waals surface area contributed by atoms with Crippen LogP contribution >= 0.6 is 11.6 Å². The number of hydrogen-bond acceptors (Lipinski definition) is 6. The molecule has 0 saturated heterocycles. The molecule has 0 spiro atoms. The quantitative estimate of drug-likeness (QED) is 0.287. The Labute approximate surface area is 214 Å². The van der Waals surface area contributed by atoms with E-state index in [1.54, 1.807) is 55.6 Å². The largest absolute Gasteiger partial charge is 0.495 e. The lowest BCUT2D eigenvalue weighted by Gasteiger charge is -2.23. The van der Waals surface area contributed by atoms with E-state index in [1.807, 2.05) is 48.3 Å². The number of aromatic nitrogens is 1. The number of anilines is 4. The summed E-state index contributed by atoms with van der Waals surface area (Å²) in [7, 11) is 5.24. The van der Waals surface area contributed by atoms with Crippen molar-refractivity contribution in [2.45, 2.75) is 0 Å². The number of halogens is 1. The van der Waals surface area contributed by atoms with Crippen molar-refractivity contribution >= 4 is 46.1 Å². The van der Waals surface area contributed by atoms with Crippen LogP contribution in [0.4, 0.5) is 22.7 Å². The topological polar surface area (TPSA) is 83.0 Å². The molecule has 7 nitrogen and oxygen atoms in total. The number of carboxylic acid groups (broad SMARTS) is 1. The van der Waals surface area contributed by atoms with Gasteiger partial charge in [0.25, 0.3) is 0 Å². The summed E-state index contributed by atoms with van der Waals surface area (Å²) in [5.41, 5.74) is 3.38. The minimum atomic E-state index is -1.13. The van der Waals surface area contributed by atoms with E-state index in [9.17, 15) is 14.7 Å². The van der Waals surface area contributed by atoms with Crippen LogP contribution in [0.25, 0.3) is 0 Å². The van der Waals surface area contributed by atoms with E-state index in [-0.39, 0.29) is 22.6 Å². The van der Waals surface area contributed by atoms with Gasteiger partial charge >= 0.3 is 5.97 Å². The summed E-state index contributed by atoms with van der Waals surface area (Å²) in [5.74, 6) is -0.892. The number of rotatable bonds is 8. The maximum absolute atomic E-state index is 13.3. The Bertz CT molecular complexity index is 1410. The summed E-state index contributed by atoms with van der Waals surface area (Å²) in [6.45, 7) is 0. The van der Waals surface area contributed by atoms with E-state index in [4.69, 9.17) is 16.3 Å². The fraction of sp³-hybridized carbons (Fsp3) is 0.107. The van der Waals surface area contributed by atoms with Crippen LogP contribution in [0.2, 0.25) is 5.02 Å². The molecule has 36 heavy (non-hydrogen) atoms. The smallest absolute Gasteiger partial charge is 0.335 e. The predicted octanol–water partition coefficient (Wildman–Crippen LogP) is 6.21. The number of ketones is 1. The second kappa shape index (κ2) is 10.5. The van der Waals surface area contributed by atoms with E-state index in [0.29, 0.717) is 16.5 Å². The average Bonchev–Trinajstić information content (AvgIpc) is 2.92. The van der Waals surface area contributed by atoms with Gasteiger partial charge in [0.2, 0.25) is 5.78 Å². The van der Waals surface area contributed by atoms with Gasteiger partial charge in [-0.1, -0.05) is 23.7 Å². The summed E-state index contributed by atoms with van der Waals surface area (Å²) < 4.78 is 5.44. The highest BCUT2D eigenvalue weighted by atomic mass is 35.5. The van der Waals surface area contributed by atoms with E-state index in [2.05, 4.69) is 4.98 Å². The summed E-state index contributed by atoms with van der Waals surface area (Å²) in [5, 5.41) is 10.3. The third-order valence-electron chi connectivity index (χ3n) is 5.84. The second-order valence-corrected chi connectivity index (χ2v) is 8.51. The summed E-state index contributed by atoms with van der Waals surface area (Å²) in [6.07, 6.45) is 1.60. The molecule has 8 heteroatoms. The van der Waals surface area contributed by atoms with Crippen molar-refractivity contribution in [2.75, 3.05) is 31.0 Å². The van der Waals surface area contributed by atoms with E-state index < -0.39 is 5.97 Å². The Morgan fingerprint density at radius 2 is 1.50 bits per heavy atom. The Morgan fingerprint density at radius 1 is 0.833 bits per heavy atom. The highest BCUT2D eigenvalue weighted by Gasteiger charge is 2.19. The van der Waals surface area contributed by atoms with Gasteiger partial charge in [0, 0.05) is 36.1 Å². The number of pyridine rings is 1. The molecule has 0 bridgehead atoms. The van der Waals surface area contributed by atoms with Gasteiger partial charge in [-0.15, -0.1) is 0 Å². The van der Waals surface area contributed by atoms with Crippen LogP contribution in [0.3, 0.4) is 0 Å². The van der Waals surface area contributed by atoms with Crippen LogP contribution in [0.1, 0.15) is 26.4 Å². The molecule has 0 fully saturated rings. The molecule has 0 saturated carbocycles. The number of benzene rings is 3. The fourth-order valence-corrected chi connectivity index (χ4v) is 3.91. The number of methoxy groups -OCH3 is 1. The summed E-state index contributed by atoms with van der Waals surface area (Å²) in [6, 6.07) is 22.7. The number of carbonyl (C=O) groups is 2. The zero-order chi connectivity index (χ0) is 25.8. The molecular weight excluding hydrogens is 478 g/mol. The van der Waals surface area contributed by atoms with Crippen molar-refractivity contribution in [2.24, 2.45) is 0 Å².